The highest BCUT2D eigenvalue weighted by atomic mass is 32.2. The number of hydrogen-bond donors (Lipinski definition) is 0. The van der Waals surface area contributed by atoms with Gasteiger partial charge >= 0.3 is 0 Å². The lowest BCUT2D eigenvalue weighted by atomic mass is 10.0. The molecule has 1 heterocycles. The summed E-state index contributed by atoms with van der Waals surface area (Å²) in [6.07, 6.45) is 1.35. The third-order valence-corrected chi connectivity index (χ3v) is 6.58. The molecule has 0 saturated carbocycles. The molecule has 0 bridgehead atoms. The molecule has 1 atom stereocenters. The van der Waals surface area contributed by atoms with Crippen molar-refractivity contribution >= 4 is 15.7 Å². The monoisotopic (exact) mass is 392 g/mol. The Hall–Kier alpha value is -2.65. The summed E-state index contributed by atoms with van der Waals surface area (Å²) in [6, 6.07) is 9.84. The Kier molecular flexibility index (Phi) is 5.33. The molecule has 0 aromatic heterocycles. The van der Waals surface area contributed by atoms with Crippen molar-refractivity contribution in [3.63, 3.8) is 0 Å². The average molecular weight is 392 g/mol. The topological polar surface area (TPSA) is 99.0 Å². The van der Waals surface area contributed by atoms with Gasteiger partial charge in [-0.15, -0.1) is 0 Å². The van der Waals surface area contributed by atoms with Gasteiger partial charge in [0, 0.05) is 24.2 Å². The molecule has 9 heteroatoms. The second kappa shape index (κ2) is 7.53. The molecule has 8 nitrogen and oxygen atoms in total. The van der Waals surface area contributed by atoms with Gasteiger partial charge < -0.3 is 9.47 Å². The van der Waals surface area contributed by atoms with Gasteiger partial charge in [-0.2, -0.15) is 4.31 Å². The van der Waals surface area contributed by atoms with Crippen molar-refractivity contribution in [3.8, 4) is 11.5 Å². The van der Waals surface area contributed by atoms with E-state index in [2.05, 4.69) is 0 Å². The van der Waals surface area contributed by atoms with Crippen molar-refractivity contribution in [1.82, 2.24) is 4.31 Å². The Labute approximate surface area is 157 Å². The highest BCUT2D eigenvalue weighted by molar-refractivity contribution is 7.89. The maximum Gasteiger partial charge on any atom is 0.269 e. The van der Waals surface area contributed by atoms with Crippen molar-refractivity contribution in [2.45, 2.75) is 23.8 Å². The fourth-order valence-corrected chi connectivity index (χ4v) is 4.99. The molecule has 2 aromatic rings. The fourth-order valence-electron chi connectivity index (χ4n) is 3.31. The predicted molar refractivity (Wildman–Crippen MR) is 98.5 cm³/mol. The molecule has 0 unspecified atom stereocenters. The Morgan fingerprint density at radius 1 is 1.11 bits per heavy atom. The quantitative estimate of drug-likeness (QED) is 0.553. The molecule has 144 valence electrons. The summed E-state index contributed by atoms with van der Waals surface area (Å²) in [7, 11) is -0.724. The molecule has 1 fully saturated rings. The first-order valence-corrected chi connectivity index (χ1v) is 9.80. The molecule has 1 saturated heterocycles. The maximum atomic E-state index is 13.1. The van der Waals surface area contributed by atoms with Crippen LogP contribution in [-0.2, 0) is 10.0 Å². The summed E-state index contributed by atoms with van der Waals surface area (Å²) in [5.74, 6) is 1.21. The van der Waals surface area contributed by atoms with Crippen LogP contribution in [0.3, 0.4) is 0 Å². The molecule has 27 heavy (non-hydrogen) atoms. The zero-order valence-electron chi connectivity index (χ0n) is 15.0. The average Bonchev–Trinajstić information content (AvgIpc) is 3.18. The second-order valence-corrected chi connectivity index (χ2v) is 8.02. The van der Waals surface area contributed by atoms with Gasteiger partial charge in [0.1, 0.15) is 11.5 Å². The Balaban J connectivity index is 1.99. The van der Waals surface area contributed by atoms with E-state index in [0.717, 1.165) is 5.56 Å². The van der Waals surface area contributed by atoms with Gasteiger partial charge in [-0.1, -0.05) is 0 Å². The molecule has 0 radical (unpaired) electrons. The molecule has 3 rings (SSSR count). The minimum Gasteiger partial charge on any atom is -0.497 e. The number of sulfonamides is 1. The first kappa shape index (κ1) is 19.1. The maximum absolute atomic E-state index is 13.1. The van der Waals surface area contributed by atoms with Crippen LogP contribution in [0.5, 0.6) is 11.5 Å². The van der Waals surface area contributed by atoms with Crippen LogP contribution in [0.4, 0.5) is 5.69 Å². The van der Waals surface area contributed by atoms with Crippen LogP contribution < -0.4 is 9.47 Å². The second-order valence-electron chi connectivity index (χ2n) is 6.13. The number of nitro benzene ring substituents is 1. The standard InChI is InChI=1S/C18H20N2O6S/c1-25-14-7-10-18(26-2)16(12-14)17-4-3-11-19(17)27(23,24)15-8-5-13(6-9-15)20(21)22/h5-10,12,17H,3-4,11H2,1-2H3/t17-/m0/s1. The zero-order valence-corrected chi connectivity index (χ0v) is 15.8. The number of nitrogens with zero attached hydrogens (tertiary/aromatic N) is 2. The first-order chi connectivity index (χ1) is 12.9. The summed E-state index contributed by atoms with van der Waals surface area (Å²) >= 11 is 0. The molecule has 0 amide bonds. The molecule has 0 N–H and O–H groups in total. The third kappa shape index (κ3) is 3.60. The molecular formula is C18H20N2O6S. The van der Waals surface area contributed by atoms with E-state index >= 15 is 0 Å². The van der Waals surface area contributed by atoms with E-state index < -0.39 is 21.0 Å². The summed E-state index contributed by atoms with van der Waals surface area (Å²) in [5.41, 5.74) is 0.584. The molecule has 0 aliphatic carbocycles. The van der Waals surface area contributed by atoms with E-state index in [0.29, 0.717) is 30.9 Å². The molecular weight excluding hydrogens is 372 g/mol. The third-order valence-electron chi connectivity index (χ3n) is 4.65. The van der Waals surface area contributed by atoms with E-state index in [9.17, 15) is 18.5 Å². The largest absolute Gasteiger partial charge is 0.497 e. The Morgan fingerprint density at radius 2 is 1.81 bits per heavy atom. The number of nitro groups is 1. The minimum absolute atomic E-state index is 0.0295. The van der Waals surface area contributed by atoms with Gasteiger partial charge in [-0.3, -0.25) is 10.1 Å². The summed E-state index contributed by atoms with van der Waals surface area (Å²) in [5, 5.41) is 10.8. The predicted octanol–water partition coefficient (Wildman–Crippen LogP) is 3.14. The lowest BCUT2D eigenvalue weighted by molar-refractivity contribution is -0.384. The van der Waals surface area contributed by atoms with Gasteiger partial charge in [0.15, 0.2) is 0 Å². The molecule has 1 aliphatic rings. The number of methoxy groups -OCH3 is 2. The van der Waals surface area contributed by atoms with Gasteiger partial charge in [0.25, 0.3) is 5.69 Å². The van der Waals surface area contributed by atoms with Crippen molar-refractivity contribution in [2.75, 3.05) is 20.8 Å². The van der Waals surface area contributed by atoms with Crippen molar-refractivity contribution < 1.29 is 22.8 Å². The number of hydrogen-bond acceptors (Lipinski definition) is 6. The van der Waals surface area contributed by atoms with Crippen LogP contribution in [0.1, 0.15) is 24.4 Å². The number of non-ortho nitro benzene ring substituents is 1. The van der Waals surface area contributed by atoms with Crippen molar-refractivity contribution in [2.24, 2.45) is 0 Å². The summed E-state index contributed by atoms with van der Waals surface area (Å²) in [4.78, 5) is 10.3. The zero-order chi connectivity index (χ0) is 19.6. The highest BCUT2D eigenvalue weighted by Gasteiger charge is 2.37. The van der Waals surface area contributed by atoms with Gasteiger partial charge in [0.05, 0.1) is 30.1 Å². The Morgan fingerprint density at radius 3 is 2.41 bits per heavy atom. The van der Waals surface area contributed by atoms with E-state index in [1.807, 2.05) is 0 Å². The number of ether oxygens (including phenoxy) is 2. The van der Waals surface area contributed by atoms with Crippen LogP contribution >= 0.6 is 0 Å². The van der Waals surface area contributed by atoms with Crippen LogP contribution in [0.15, 0.2) is 47.4 Å². The SMILES string of the molecule is COc1ccc(OC)c([C@@H]2CCCN2S(=O)(=O)c2ccc([N+](=O)[O-])cc2)c1. The summed E-state index contributed by atoms with van der Waals surface area (Å²) < 4.78 is 38.4. The van der Waals surface area contributed by atoms with Crippen molar-refractivity contribution in [3.05, 3.63) is 58.1 Å². The van der Waals surface area contributed by atoms with Crippen LogP contribution in [-0.4, -0.2) is 38.4 Å². The van der Waals surface area contributed by atoms with Gasteiger partial charge in [-0.05, 0) is 43.2 Å². The lowest BCUT2D eigenvalue weighted by Gasteiger charge is -2.26. The minimum atomic E-state index is -3.81. The fraction of sp³-hybridized carbons (Fsp3) is 0.333. The number of rotatable bonds is 6. The molecule has 2 aromatic carbocycles. The highest BCUT2D eigenvalue weighted by Crippen LogP contribution is 2.41. The normalized spacial score (nSPS) is 17.6. The molecule has 0 spiro atoms. The Bertz CT molecular complexity index is 943. The smallest absolute Gasteiger partial charge is 0.269 e. The van der Waals surface area contributed by atoms with Crippen LogP contribution in [0, 0.1) is 10.1 Å². The first-order valence-electron chi connectivity index (χ1n) is 8.36. The lowest BCUT2D eigenvalue weighted by Crippen LogP contribution is -2.30. The van der Waals surface area contributed by atoms with Gasteiger partial charge in [0.2, 0.25) is 10.0 Å². The summed E-state index contributed by atoms with van der Waals surface area (Å²) in [6.45, 7) is 0.365. The van der Waals surface area contributed by atoms with E-state index in [4.69, 9.17) is 9.47 Å². The van der Waals surface area contributed by atoms with Crippen LogP contribution in [0.25, 0.3) is 0 Å². The van der Waals surface area contributed by atoms with Gasteiger partial charge in [-0.25, -0.2) is 8.42 Å². The van der Waals surface area contributed by atoms with E-state index in [-0.39, 0.29) is 10.6 Å². The van der Waals surface area contributed by atoms with Crippen molar-refractivity contribution in [1.29, 1.82) is 0 Å². The van der Waals surface area contributed by atoms with E-state index in [1.165, 1.54) is 35.7 Å². The van der Waals surface area contributed by atoms with Crippen LogP contribution in [0.2, 0.25) is 0 Å². The molecule has 1 aliphatic heterocycles. The number of benzene rings is 2. The van der Waals surface area contributed by atoms with E-state index in [1.54, 1.807) is 25.3 Å².